The van der Waals surface area contributed by atoms with Crippen LogP contribution in [-0.2, 0) is 9.53 Å². The zero-order valence-corrected chi connectivity index (χ0v) is 6.54. The summed E-state index contributed by atoms with van der Waals surface area (Å²) in [4.78, 5) is 10.3. The molecule has 1 aliphatic rings. The lowest BCUT2D eigenvalue weighted by Gasteiger charge is -2.18. The first kappa shape index (κ1) is 8.49. The SMILES string of the molecule is CC1CC(N)(CC(=O)O)CO1. The molecule has 2 atom stereocenters. The molecule has 1 heterocycles. The normalized spacial score (nSPS) is 37.5. The molecule has 2 unspecified atom stereocenters. The average Bonchev–Trinajstić information content (AvgIpc) is 2.08. The Kier molecular flexibility index (Phi) is 2.15. The van der Waals surface area contributed by atoms with Crippen LogP contribution in [0.15, 0.2) is 0 Å². The first-order valence-electron chi connectivity index (χ1n) is 3.64. The van der Waals surface area contributed by atoms with E-state index in [1.54, 1.807) is 0 Å². The zero-order valence-electron chi connectivity index (χ0n) is 6.54. The summed E-state index contributed by atoms with van der Waals surface area (Å²) in [7, 11) is 0. The summed E-state index contributed by atoms with van der Waals surface area (Å²) in [6, 6.07) is 0. The summed E-state index contributed by atoms with van der Waals surface area (Å²) in [6.07, 6.45) is 0.732. The number of hydrogen-bond donors (Lipinski definition) is 2. The third-order valence-corrected chi connectivity index (χ3v) is 1.85. The van der Waals surface area contributed by atoms with Crippen molar-refractivity contribution in [3.63, 3.8) is 0 Å². The number of carboxylic acid groups (broad SMARTS) is 1. The van der Waals surface area contributed by atoms with Gasteiger partial charge in [0.05, 0.1) is 24.7 Å². The molecular formula is C7H13NO3. The summed E-state index contributed by atoms with van der Waals surface area (Å²) in [5, 5.41) is 8.49. The maximum atomic E-state index is 10.3. The van der Waals surface area contributed by atoms with Crippen molar-refractivity contribution in [3.8, 4) is 0 Å². The van der Waals surface area contributed by atoms with Crippen LogP contribution in [-0.4, -0.2) is 29.3 Å². The van der Waals surface area contributed by atoms with Crippen molar-refractivity contribution in [3.05, 3.63) is 0 Å². The molecule has 0 aliphatic carbocycles. The third kappa shape index (κ3) is 2.17. The number of rotatable bonds is 2. The lowest BCUT2D eigenvalue weighted by molar-refractivity contribution is -0.138. The average molecular weight is 159 g/mol. The second-order valence-electron chi connectivity index (χ2n) is 3.26. The molecule has 0 radical (unpaired) electrons. The summed E-state index contributed by atoms with van der Waals surface area (Å²) < 4.78 is 5.18. The van der Waals surface area contributed by atoms with E-state index in [0.29, 0.717) is 13.0 Å². The Hall–Kier alpha value is -0.610. The highest BCUT2D eigenvalue weighted by Crippen LogP contribution is 2.24. The summed E-state index contributed by atoms with van der Waals surface area (Å²) in [5.41, 5.74) is 5.11. The number of aliphatic carboxylic acids is 1. The predicted octanol–water partition coefficient (Wildman–Crippen LogP) is -0.0326. The van der Waals surface area contributed by atoms with Gasteiger partial charge in [-0.3, -0.25) is 4.79 Å². The monoisotopic (exact) mass is 159 g/mol. The molecule has 0 bridgehead atoms. The first-order valence-corrected chi connectivity index (χ1v) is 3.64. The Labute approximate surface area is 65.3 Å². The fraction of sp³-hybridized carbons (Fsp3) is 0.857. The van der Waals surface area contributed by atoms with Crippen LogP contribution in [0.4, 0.5) is 0 Å². The van der Waals surface area contributed by atoms with Crippen molar-refractivity contribution in [1.29, 1.82) is 0 Å². The van der Waals surface area contributed by atoms with Crippen molar-refractivity contribution in [1.82, 2.24) is 0 Å². The van der Waals surface area contributed by atoms with E-state index in [1.807, 2.05) is 6.92 Å². The van der Waals surface area contributed by atoms with Gasteiger partial charge in [-0.05, 0) is 13.3 Å². The summed E-state index contributed by atoms with van der Waals surface area (Å²) >= 11 is 0. The van der Waals surface area contributed by atoms with Gasteiger partial charge in [-0.1, -0.05) is 0 Å². The lowest BCUT2D eigenvalue weighted by Crippen LogP contribution is -2.42. The Morgan fingerprint density at radius 1 is 1.91 bits per heavy atom. The van der Waals surface area contributed by atoms with Crippen molar-refractivity contribution >= 4 is 5.97 Å². The zero-order chi connectivity index (χ0) is 8.48. The minimum Gasteiger partial charge on any atom is -0.481 e. The molecule has 1 rings (SSSR count). The number of carbonyl (C=O) groups is 1. The smallest absolute Gasteiger partial charge is 0.305 e. The van der Waals surface area contributed by atoms with Crippen LogP contribution in [0.1, 0.15) is 19.8 Å². The highest BCUT2D eigenvalue weighted by atomic mass is 16.5. The van der Waals surface area contributed by atoms with E-state index in [-0.39, 0.29) is 12.5 Å². The van der Waals surface area contributed by atoms with Gasteiger partial charge in [-0.25, -0.2) is 0 Å². The van der Waals surface area contributed by atoms with E-state index >= 15 is 0 Å². The Morgan fingerprint density at radius 2 is 2.55 bits per heavy atom. The van der Waals surface area contributed by atoms with E-state index in [9.17, 15) is 4.79 Å². The van der Waals surface area contributed by atoms with Crippen LogP contribution < -0.4 is 5.73 Å². The molecule has 4 heteroatoms. The van der Waals surface area contributed by atoms with E-state index in [0.717, 1.165) is 0 Å². The molecule has 0 aromatic carbocycles. The molecule has 0 aromatic heterocycles. The summed E-state index contributed by atoms with van der Waals surface area (Å²) in [6.45, 7) is 2.26. The molecular weight excluding hydrogens is 146 g/mol. The molecule has 11 heavy (non-hydrogen) atoms. The molecule has 1 aliphatic heterocycles. The Morgan fingerprint density at radius 3 is 2.91 bits per heavy atom. The lowest BCUT2D eigenvalue weighted by atomic mass is 9.94. The van der Waals surface area contributed by atoms with Crippen molar-refractivity contribution in [2.45, 2.75) is 31.4 Å². The van der Waals surface area contributed by atoms with Crippen LogP contribution in [0.5, 0.6) is 0 Å². The van der Waals surface area contributed by atoms with Gasteiger partial charge < -0.3 is 15.6 Å². The topological polar surface area (TPSA) is 72.6 Å². The van der Waals surface area contributed by atoms with Gasteiger partial charge >= 0.3 is 5.97 Å². The van der Waals surface area contributed by atoms with E-state index in [4.69, 9.17) is 15.6 Å². The molecule has 3 N–H and O–H groups in total. The third-order valence-electron chi connectivity index (χ3n) is 1.85. The van der Waals surface area contributed by atoms with Gasteiger partial charge in [0.1, 0.15) is 0 Å². The molecule has 4 nitrogen and oxygen atoms in total. The predicted molar refractivity (Wildman–Crippen MR) is 39.2 cm³/mol. The van der Waals surface area contributed by atoms with Crippen LogP contribution in [0, 0.1) is 0 Å². The van der Waals surface area contributed by atoms with Gasteiger partial charge in [0.15, 0.2) is 0 Å². The minimum atomic E-state index is -0.856. The summed E-state index contributed by atoms with van der Waals surface area (Å²) in [5.74, 6) is -0.856. The van der Waals surface area contributed by atoms with Gasteiger partial charge in [0.2, 0.25) is 0 Å². The van der Waals surface area contributed by atoms with Crippen molar-refractivity contribution < 1.29 is 14.6 Å². The molecule has 0 saturated carbocycles. The minimum absolute atomic E-state index is 0.00264. The molecule has 0 aromatic rings. The quantitative estimate of drug-likeness (QED) is 0.593. The maximum absolute atomic E-state index is 10.3. The van der Waals surface area contributed by atoms with Crippen molar-refractivity contribution in [2.24, 2.45) is 5.73 Å². The number of hydrogen-bond acceptors (Lipinski definition) is 3. The van der Waals surface area contributed by atoms with E-state index < -0.39 is 11.5 Å². The van der Waals surface area contributed by atoms with E-state index in [2.05, 4.69) is 0 Å². The van der Waals surface area contributed by atoms with Crippen LogP contribution in [0.3, 0.4) is 0 Å². The largest absolute Gasteiger partial charge is 0.481 e. The number of carboxylic acids is 1. The maximum Gasteiger partial charge on any atom is 0.305 e. The van der Waals surface area contributed by atoms with E-state index in [1.165, 1.54) is 0 Å². The van der Waals surface area contributed by atoms with Crippen LogP contribution >= 0.6 is 0 Å². The second-order valence-corrected chi connectivity index (χ2v) is 3.26. The van der Waals surface area contributed by atoms with Gasteiger partial charge in [-0.2, -0.15) is 0 Å². The first-order chi connectivity index (χ1) is 5.02. The molecule has 0 amide bonds. The molecule has 0 spiro atoms. The molecule has 1 fully saturated rings. The van der Waals surface area contributed by atoms with Crippen molar-refractivity contribution in [2.75, 3.05) is 6.61 Å². The standard InChI is InChI=1S/C7H13NO3/c1-5-2-7(8,4-11-5)3-6(9)10/h5H,2-4,8H2,1H3,(H,9,10). The van der Waals surface area contributed by atoms with Gasteiger partial charge in [-0.15, -0.1) is 0 Å². The van der Waals surface area contributed by atoms with Gasteiger partial charge in [0, 0.05) is 0 Å². The molecule has 64 valence electrons. The van der Waals surface area contributed by atoms with Crippen LogP contribution in [0.25, 0.3) is 0 Å². The number of nitrogens with two attached hydrogens (primary N) is 1. The highest BCUT2D eigenvalue weighted by Gasteiger charge is 2.36. The number of ether oxygens (including phenoxy) is 1. The Bertz CT molecular complexity index is 171. The fourth-order valence-corrected chi connectivity index (χ4v) is 1.42. The Balaban J connectivity index is 2.48. The van der Waals surface area contributed by atoms with Gasteiger partial charge in [0.25, 0.3) is 0 Å². The fourth-order valence-electron chi connectivity index (χ4n) is 1.42. The molecule has 1 saturated heterocycles. The van der Waals surface area contributed by atoms with Crippen LogP contribution in [0.2, 0.25) is 0 Å². The highest BCUT2D eigenvalue weighted by molar-refractivity contribution is 5.68. The second kappa shape index (κ2) is 2.79.